The zero-order valence-corrected chi connectivity index (χ0v) is 24.9. The lowest BCUT2D eigenvalue weighted by Gasteiger charge is -2.39. The Hall–Kier alpha value is -2.82. The molecule has 0 amide bonds. The predicted octanol–water partition coefficient (Wildman–Crippen LogP) is 3.36. The summed E-state index contributed by atoms with van der Waals surface area (Å²) < 4.78 is 28.9. The number of fused-ring (bicyclic) bond motifs is 3. The van der Waals surface area contributed by atoms with E-state index in [-0.39, 0.29) is 19.1 Å². The molecule has 1 aromatic carbocycles. The van der Waals surface area contributed by atoms with E-state index in [0.29, 0.717) is 42.6 Å². The van der Waals surface area contributed by atoms with E-state index in [4.69, 9.17) is 23.7 Å². The van der Waals surface area contributed by atoms with Crippen LogP contribution in [0.3, 0.4) is 0 Å². The molecule has 1 saturated heterocycles. The van der Waals surface area contributed by atoms with Gasteiger partial charge in [-0.2, -0.15) is 0 Å². The molecule has 3 aliphatic heterocycles. The third kappa shape index (κ3) is 5.61. The number of benzene rings is 1. The summed E-state index contributed by atoms with van der Waals surface area (Å²) in [6.45, 7) is 5.55. The van der Waals surface area contributed by atoms with Crippen molar-refractivity contribution >= 4 is 11.9 Å². The molecule has 0 bridgehead atoms. The van der Waals surface area contributed by atoms with Crippen molar-refractivity contribution < 1.29 is 43.5 Å². The van der Waals surface area contributed by atoms with Crippen LogP contribution in [-0.2, 0) is 30.2 Å². The minimum absolute atomic E-state index is 0.0513. The van der Waals surface area contributed by atoms with E-state index in [9.17, 15) is 19.8 Å². The lowest BCUT2D eigenvalue weighted by atomic mass is 9.77. The number of carbonyl (C=O) groups excluding carboxylic acids is 2. The molecule has 4 atom stereocenters. The molecule has 2 aliphatic carbocycles. The van der Waals surface area contributed by atoms with E-state index in [1.165, 1.54) is 0 Å². The van der Waals surface area contributed by atoms with Gasteiger partial charge in [-0.15, -0.1) is 0 Å². The maximum absolute atomic E-state index is 14.0. The van der Waals surface area contributed by atoms with Crippen LogP contribution in [0.2, 0.25) is 0 Å². The minimum Gasteiger partial charge on any atom is -0.497 e. The fourth-order valence-corrected chi connectivity index (χ4v) is 7.18. The second-order valence-corrected chi connectivity index (χ2v) is 13.3. The Morgan fingerprint density at radius 1 is 1.12 bits per heavy atom. The highest BCUT2D eigenvalue weighted by molar-refractivity contribution is 5.86. The van der Waals surface area contributed by atoms with E-state index in [2.05, 4.69) is 11.0 Å². The molecule has 1 saturated carbocycles. The summed E-state index contributed by atoms with van der Waals surface area (Å²) in [4.78, 5) is 29.2. The predicted molar refractivity (Wildman–Crippen MR) is 151 cm³/mol. The second-order valence-electron chi connectivity index (χ2n) is 13.3. The first-order valence-corrected chi connectivity index (χ1v) is 15.3. The van der Waals surface area contributed by atoms with Gasteiger partial charge in [0.05, 0.1) is 37.2 Å². The van der Waals surface area contributed by atoms with E-state index in [1.54, 1.807) is 21.0 Å². The maximum Gasteiger partial charge on any atom is 0.339 e. The van der Waals surface area contributed by atoms with E-state index >= 15 is 0 Å². The summed E-state index contributed by atoms with van der Waals surface area (Å²) in [5, 5.41) is 22.0. The van der Waals surface area contributed by atoms with Gasteiger partial charge >= 0.3 is 11.9 Å². The second kappa shape index (κ2) is 11.0. The average molecular weight is 586 g/mol. The summed E-state index contributed by atoms with van der Waals surface area (Å²) in [6, 6.07) is 4.03. The molecule has 2 fully saturated rings. The molecule has 2 unspecified atom stereocenters. The molecular weight excluding hydrogens is 542 g/mol. The van der Waals surface area contributed by atoms with Gasteiger partial charge in [0.25, 0.3) is 0 Å². The van der Waals surface area contributed by atoms with Gasteiger partial charge in [0.1, 0.15) is 5.76 Å². The molecule has 2 N–H and O–H groups in total. The number of hydrogen-bond donors (Lipinski definition) is 2. The molecule has 6 rings (SSSR count). The molecule has 42 heavy (non-hydrogen) atoms. The van der Waals surface area contributed by atoms with Crippen molar-refractivity contribution in [3.8, 4) is 11.5 Å². The monoisotopic (exact) mass is 585 g/mol. The van der Waals surface area contributed by atoms with Gasteiger partial charge < -0.3 is 33.9 Å². The number of ether oxygens (including phenoxy) is 5. The van der Waals surface area contributed by atoms with Crippen LogP contribution in [0, 0.1) is 5.92 Å². The van der Waals surface area contributed by atoms with Crippen LogP contribution >= 0.6 is 0 Å². The Kier molecular flexibility index (Phi) is 7.68. The van der Waals surface area contributed by atoms with Crippen LogP contribution in [0.4, 0.5) is 0 Å². The molecule has 1 aromatic rings. The van der Waals surface area contributed by atoms with Gasteiger partial charge in [-0.05, 0) is 107 Å². The summed E-state index contributed by atoms with van der Waals surface area (Å²) >= 11 is 0. The third-order valence-corrected chi connectivity index (χ3v) is 9.57. The summed E-state index contributed by atoms with van der Waals surface area (Å²) in [5.41, 5.74) is -1.40. The van der Waals surface area contributed by atoms with Gasteiger partial charge in [-0.25, -0.2) is 4.79 Å². The van der Waals surface area contributed by atoms with Gasteiger partial charge in [0.2, 0.25) is 6.79 Å². The highest BCUT2D eigenvalue weighted by Crippen LogP contribution is 2.55. The Balaban J connectivity index is 1.31. The zero-order valence-electron chi connectivity index (χ0n) is 24.9. The smallest absolute Gasteiger partial charge is 0.339 e. The van der Waals surface area contributed by atoms with Crippen molar-refractivity contribution in [2.45, 2.75) is 100 Å². The summed E-state index contributed by atoms with van der Waals surface area (Å²) in [7, 11) is 1.57. The van der Waals surface area contributed by atoms with Gasteiger partial charge in [-0.1, -0.05) is 0 Å². The number of nitrogens with zero attached hydrogens (tertiary/aromatic N) is 1. The zero-order chi connectivity index (χ0) is 29.7. The normalized spacial score (nSPS) is 27.7. The molecule has 5 aliphatic rings. The minimum atomic E-state index is -2.11. The van der Waals surface area contributed by atoms with Crippen molar-refractivity contribution in [1.82, 2.24) is 4.90 Å². The number of carbonyl (C=O) groups is 2. The van der Waals surface area contributed by atoms with Crippen molar-refractivity contribution in [3.05, 3.63) is 35.1 Å². The van der Waals surface area contributed by atoms with Crippen LogP contribution in [0.5, 0.6) is 11.5 Å². The van der Waals surface area contributed by atoms with Crippen LogP contribution < -0.4 is 9.47 Å². The molecule has 230 valence electrons. The van der Waals surface area contributed by atoms with Crippen LogP contribution in [0.15, 0.2) is 24.0 Å². The van der Waals surface area contributed by atoms with E-state index in [1.807, 2.05) is 12.1 Å². The third-order valence-electron chi connectivity index (χ3n) is 9.57. The molecule has 3 heterocycles. The van der Waals surface area contributed by atoms with Gasteiger partial charge in [0.15, 0.2) is 23.2 Å². The highest BCUT2D eigenvalue weighted by Gasteiger charge is 2.59. The molecule has 1 spiro atoms. The lowest BCUT2D eigenvalue weighted by molar-refractivity contribution is -0.179. The first-order chi connectivity index (χ1) is 20.0. The SMILES string of the molecule is COC1=C[C@]23CCCN2CCc2cc4c(cc2[C@@H]3C1OC(=O)C(O)(CCCC(C)(C)O)CC(=O)OCC1CC1)OCO4. The Bertz CT molecular complexity index is 1250. The molecule has 0 aromatic heterocycles. The van der Waals surface area contributed by atoms with Gasteiger partial charge in [-0.3, -0.25) is 9.69 Å². The Morgan fingerprint density at radius 3 is 2.60 bits per heavy atom. The van der Waals surface area contributed by atoms with Crippen LogP contribution in [0.1, 0.15) is 82.3 Å². The van der Waals surface area contributed by atoms with E-state index in [0.717, 1.165) is 56.3 Å². The standard InChI is InChI=1S/C32H43NO9/c1-30(2,36)9-4-11-32(37,17-26(34)39-18-20-6-7-20)29(35)42-28-25(38-3)16-31-10-5-12-33(31)13-8-21-14-23-24(41-19-40-23)15-22(21)27(28)31/h14-16,20,27-28,36-37H,4-13,17-19H2,1-3H3/t27-,28?,31+,32?/m1/s1. The number of hydrogen-bond acceptors (Lipinski definition) is 10. The number of aliphatic hydroxyl groups is 2. The average Bonchev–Trinajstić information content (AvgIpc) is 3.41. The number of rotatable bonds is 11. The highest BCUT2D eigenvalue weighted by atomic mass is 16.7. The number of esters is 2. The summed E-state index contributed by atoms with van der Waals surface area (Å²) in [5.74, 6) is 0.435. The van der Waals surface area contributed by atoms with Crippen molar-refractivity contribution in [2.75, 3.05) is 33.6 Å². The van der Waals surface area contributed by atoms with Crippen molar-refractivity contribution in [1.29, 1.82) is 0 Å². The number of methoxy groups -OCH3 is 1. The van der Waals surface area contributed by atoms with Gasteiger partial charge in [0, 0.05) is 6.54 Å². The Labute approximate surface area is 246 Å². The topological polar surface area (TPSA) is 124 Å². The van der Waals surface area contributed by atoms with E-state index < -0.39 is 41.2 Å². The first-order valence-electron chi connectivity index (χ1n) is 15.3. The van der Waals surface area contributed by atoms with Crippen LogP contribution in [0.25, 0.3) is 0 Å². The van der Waals surface area contributed by atoms with Crippen molar-refractivity contribution in [3.63, 3.8) is 0 Å². The summed E-state index contributed by atoms with van der Waals surface area (Å²) in [6.07, 6.45) is 6.09. The molecular formula is C32H43NO9. The van der Waals surface area contributed by atoms with Crippen LogP contribution in [-0.4, -0.2) is 83.5 Å². The maximum atomic E-state index is 14.0. The molecule has 10 heteroatoms. The first kappa shape index (κ1) is 29.3. The quantitative estimate of drug-likeness (QED) is 0.374. The molecule has 10 nitrogen and oxygen atoms in total. The fraction of sp³-hybridized carbons (Fsp3) is 0.688. The van der Waals surface area contributed by atoms with Crippen molar-refractivity contribution in [2.24, 2.45) is 5.92 Å². The largest absolute Gasteiger partial charge is 0.497 e. The Morgan fingerprint density at radius 2 is 1.88 bits per heavy atom. The molecule has 0 radical (unpaired) electrons. The fourth-order valence-electron chi connectivity index (χ4n) is 7.18. The lowest BCUT2D eigenvalue weighted by Crippen LogP contribution is -2.49.